The lowest BCUT2D eigenvalue weighted by atomic mass is 9.33. The number of aryl methyl sites for hydroxylation is 1. The van der Waals surface area contributed by atoms with E-state index in [2.05, 4.69) is 209 Å². The van der Waals surface area contributed by atoms with Gasteiger partial charge in [-0.25, -0.2) is 0 Å². The number of nitrogens with zero attached hydrogens (tertiary/aromatic N) is 2. The molecule has 0 aromatic heterocycles. The van der Waals surface area contributed by atoms with E-state index in [4.69, 9.17) is 0 Å². The molecule has 6 aliphatic carbocycles. The first-order chi connectivity index (χ1) is 33.3. The minimum Gasteiger partial charge on any atom is -0.365 e. The van der Waals surface area contributed by atoms with Gasteiger partial charge in [-0.15, -0.1) is 11.8 Å². The molecular formula is C68H95BN2S. The summed E-state index contributed by atoms with van der Waals surface area (Å²) < 4.78 is 0. The van der Waals surface area contributed by atoms with Crippen molar-refractivity contribution in [2.45, 2.75) is 249 Å². The number of thioether (sulfide) groups is 1. The normalized spacial score (nSPS) is 30.5. The van der Waals surface area contributed by atoms with Gasteiger partial charge in [0.05, 0.1) is 5.69 Å². The molecule has 386 valence electrons. The molecule has 2 aromatic carbocycles. The van der Waals surface area contributed by atoms with Crippen molar-refractivity contribution in [2.75, 3.05) is 4.90 Å². The molecule has 9 aliphatic rings. The fourth-order valence-electron chi connectivity index (χ4n) is 16.5. The van der Waals surface area contributed by atoms with Crippen molar-refractivity contribution in [1.82, 2.24) is 4.90 Å². The summed E-state index contributed by atoms with van der Waals surface area (Å²) in [4.78, 5) is 7.90. The zero-order valence-corrected chi connectivity index (χ0v) is 50.0. The molecule has 2 aromatic rings. The first-order valence-corrected chi connectivity index (χ1v) is 30.0. The average Bonchev–Trinajstić information content (AvgIpc) is 3.70. The van der Waals surface area contributed by atoms with E-state index in [-0.39, 0.29) is 56.0 Å². The fourth-order valence-corrected chi connectivity index (χ4v) is 18.6. The molecule has 0 spiro atoms. The van der Waals surface area contributed by atoms with Crippen LogP contribution in [0.25, 0.3) is 0 Å². The number of allylic oxidation sites excluding steroid dienone is 7. The summed E-state index contributed by atoms with van der Waals surface area (Å²) in [5.41, 5.74) is 24.9. The topological polar surface area (TPSA) is 6.48 Å². The molecule has 5 atom stereocenters. The van der Waals surface area contributed by atoms with Gasteiger partial charge >= 0.3 is 0 Å². The van der Waals surface area contributed by atoms with E-state index in [9.17, 15) is 0 Å². The Balaban J connectivity index is 1.23. The Morgan fingerprint density at radius 2 is 1.38 bits per heavy atom. The molecular weight excluding hydrogens is 888 g/mol. The minimum atomic E-state index is 0.0127. The highest BCUT2D eigenvalue weighted by atomic mass is 32.2. The van der Waals surface area contributed by atoms with Gasteiger partial charge in [-0.1, -0.05) is 184 Å². The molecule has 1 saturated carbocycles. The van der Waals surface area contributed by atoms with Gasteiger partial charge in [0.25, 0.3) is 6.71 Å². The second-order valence-electron chi connectivity index (χ2n) is 31.4. The Morgan fingerprint density at radius 1 is 0.708 bits per heavy atom. The summed E-state index contributed by atoms with van der Waals surface area (Å²) in [7, 11) is 0. The Labute approximate surface area is 444 Å². The Kier molecular flexibility index (Phi) is 11.5. The van der Waals surface area contributed by atoms with Crippen LogP contribution in [0.2, 0.25) is 0 Å². The third-order valence-electron chi connectivity index (χ3n) is 21.4. The number of fused-ring (bicyclic) bond motifs is 7. The zero-order valence-electron chi connectivity index (χ0n) is 49.2. The van der Waals surface area contributed by atoms with Gasteiger partial charge in [0.2, 0.25) is 0 Å². The van der Waals surface area contributed by atoms with Gasteiger partial charge in [0, 0.05) is 46.3 Å². The second-order valence-corrected chi connectivity index (χ2v) is 32.6. The molecule has 1 fully saturated rings. The number of anilines is 2. The lowest BCUT2D eigenvalue weighted by molar-refractivity contribution is 0.0529. The number of rotatable bonds is 3. The van der Waals surface area contributed by atoms with Crippen LogP contribution in [0, 0.1) is 39.9 Å². The quantitative estimate of drug-likeness (QED) is 0.224. The maximum Gasteiger partial charge on any atom is 0.254 e. The van der Waals surface area contributed by atoms with Crippen LogP contribution >= 0.6 is 11.8 Å². The molecule has 0 radical (unpaired) electrons. The number of benzene rings is 2. The molecule has 72 heavy (non-hydrogen) atoms. The molecule has 0 N–H and O–H groups in total. The van der Waals surface area contributed by atoms with E-state index in [1.807, 2.05) is 0 Å². The van der Waals surface area contributed by atoms with Crippen molar-refractivity contribution in [3.8, 4) is 0 Å². The van der Waals surface area contributed by atoms with Crippen LogP contribution in [0.5, 0.6) is 0 Å². The Morgan fingerprint density at radius 3 is 2.04 bits per heavy atom. The minimum absolute atomic E-state index is 0.0127. The van der Waals surface area contributed by atoms with Crippen LogP contribution in [0.4, 0.5) is 11.4 Å². The Hall–Kier alpha value is -3.11. The fraction of sp³-hybridized carbons (Fsp3) is 0.647. The molecule has 5 unspecified atom stereocenters. The standard InChI is InChI=1S/C68H95BN2S/c1-40-35-51-55-52(36-40)71(56-41(2)37-44(62(6,7)8)39-46(56)42-21-26-47-49(38-42)65(13,14)30-29-63(47,9)10)57-50(28-27-48-53(57)66(15,16)32-31-64(48,11)12)69(55)60-58(54-59(72-60)68(19,20)34-33-67(54,17)18)70(51)45-24-22-43(23-25-45)61(3,4)5/h21-22,26-28,36-37,39,42,45,51,54,59H,23-25,29-35,38H2,1-20H3. The summed E-state index contributed by atoms with van der Waals surface area (Å²) in [6.07, 6.45) is 24.0. The van der Waals surface area contributed by atoms with Gasteiger partial charge in [-0.05, 0) is 183 Å². The maximum absolute atomic E-state index is 3.18. The van der Waals surface area contributed by atoms with Crippen molar-refractivity contribution in [2.24, 2.45) is 33.0 Å². The van der Waals surface area contributed by atoms with Crippen molar-refractivity contribution in [3.63, 3.8) is 0 Å². The molecule has 0 bridgehead atoms. The summed E-state index contributed by atoms with van der Waals surface area (Å²) in [5, 5.41) is 0.566. The Bertz CT molecular complexity index is 2850. The van der Waals surface area contributed by atoms with Gasteiger partial charge in [0.15, 0.2) is 0 Å². The number of hydrogen-bond acceptors (Lipinski definition) is 3. The lowest BCUT2D eigenvalue weighted by Crippen LogP contribution is -2.60. The maximum atomic E-state index is 3.18. The second kappa shape index (κ2) is 16.2. The van der Waals surface area contributed by atoms with Crippen LogP contribution in [0.1, 0.15) is 236 Å². The first kappa shape index (κ1) is 51.0. The molecule has 3 heterocycles. The van der Waals surface area contributed by atoms with Crippen LogP contribution in [0.3, 0.4) is 0 Å². The van der Waals surface area contributed by atoms with Crippen LogP contribution in [-0.2, 0) is 16.2 Å². The van der Waals surface area contributed by atoms with E-state index < -0.39 is 0 Å². The lowest BCUT2D eigenvalue weighted by Gasteiger charge is -2.57. The highest BCUT2D eigenvalue weighted by Gasteiger charge is 2.62. The summed E-state index contributed by atoms with van der Waals surface area (Å²) in [5.74, 6) is 0.819. The predicted octanol–water partition coefficient (Wildman–Crippen LogP) is 18.4. The highest BCUT2D eigenvalue weighted by molar-refractivity contribution is 8.06. The highest BCUT2D eigenvalue weighted by Crippen LogP contribution is 2.67. The van der Waals surface area contributed by atoms with Gasteiger partial charge in [-0.3, -0.25) is 0 Å². The molecule has 11 rings (SSSR count). The number of hydrogen-bond donors (Lipinski definition) is 0. The predicted molar refractivity (Wildman–Crippen MR) is 314 cm³/mol. The molecule has 0 saturated heterocycles. The summed E-state index contributed by atoms with van der Waals surface area (Å²) in [6.45, 7) is 50.9. The molecule has 2 nitrogen and oxygen atoms in total. The van der Waals surface area contributed by atoms with E-state index >= 15 is 0 Å². The third kappa shape index (κ3) is 7.73. The smallest absolute Gasteiger partial charge is 0.254 e. The largest absolute Gasteiger partial charge is 0.365 e. The van der Waals surface area contributed by atoms with Crippen molar-refractivity contribution < 1.29 is 0 Å². The molecule has 4 heteroatoms. The average molecular weight is 983 g/mol. The van der Waals surface area contributed by atoms with Crippen LogP contribution in [0.15, 0.2) is 92.5 Å². The molecule has 0 amide bonds. The van der Waals surface area contributed by atoms with E-state index in [0.29, 0.717) is 23.3 Å². The van der Waals surface area contributed by atoms with Crippen molar-refractivity contribution in [1.29, 1.82) is 0 Å². The third-order valence-corrected chi connectivity index (χ3v) is 23.2. The molecule has 3 aliphatic heterocycles. The SMILES string of the molecule is CC1=CC2=C3B(C4=C(C5C(S4)C(C)(C)CCC5(C)C)N(C4CC=C(C(C)(C)C)CC4)C3C1)c1ccc3c(c1N2c1c(C)cc(C(C)(C)C)cc1C1C=CC2=C(C1)C(C)(C)CCC2(C)C)C(C)(C)CCC3(C)C. The van der Waals surface area contributed by atoms with Gasteiger partial charge in [0.1, 0.15) is 0 Å². The summed E-state index contributed by atoms with van der Waals surface area (Å²) >= 11 is 2.36. The van der Waals surface area contributed by atoms with Gasteiger partial charge in [-0.2, -0.15) is 0 Å². The van der Waals surface area contributed by atoms with E-state index in [0.717, 1.165) is 19.3 Å². The first-order valence-electron chi connectivity index (χ1n) is 29.1. The van der Waals surface area contributed by atoms with Crippen LogP contribution < -0.4 is 10.4 Å². The summed E-state index contributed by atoms with van der Waals surface area (Å²) in [6, 6.07) is 11.5. The van der Waals surface area contributed by atoms with Crippen molar-refractivity contribution in [3.05, 3.63) is 120 Å². The monoisotopic (exact) mass is 983 g/mol. The van der Waals surface area contributed by atoms with Crippen LogP contribution in [-0.4, -0.2) is 28.9 Å². The zero-order chi connectivity index (χ0) is 52.0. The van der Waals surface area contributed by atoms with E-state index in [1.54, 1.807) is 54.9 Å². The van der Waals surface area contributed by atoms with E-state index in [1.165, 1.54) is 85.1 Å². The van der Waals surface area contributed by atoms with Crippen molar-refractivity contribution >= 4 is 35.3 Å². The van der Waals surface area contributed by atoms with Gasteiger partial charge < -0.3 is 9.80 Å².